The van der Waals surface area contributed by atoms with Gasteiger partial charge >= 0.3 is 0 Å². The van der Waals surface area contributed by atoms with Gasteiger partial charge in [-0.1, -0.05) is 0 Å². The minimum atomic E-state index is 0.919. The van der Waals surface area contributed by atoms with Crippen LogP contribution in [0.25, 0.3) is 0 Å². The van der Waals surface area contributed by atoms with Crippen LogP contribution >= 0.6 is 0 Å². The smallest absolute Gasteiger partial charge is 0.126 e. The molecule has 0 aromatic heterocycles. The van der Waals surface area contributed by atoms with Crippen molar-refractivity contribution >= 4 is 0 Å². The van der Waals surface area contributed by atoms with E-state index in [0.29, 0.717) is 0 Å². The number of hydrogen-bond acceptors (Lipinski definition) is 0. The lowest BCUT2D eigenvalue weighted by molar-refractivity contribution is -0.900. The number of piperidine rings is 1. The van der Waals surface area contributed by atoms with Crippen molar-refractivity contribution in [3.05, 3.63) is 0 Å². The average molecular weight is 188 g/mol. The average Bonchev–Trinajstić information content (AvgIpc) is 2.08. The summed E-state index contributed by atoms with van der Waals surface area (Å²) in [4.78, 5) is 3.28. The number of nitrogens with one attached hydrogen (secondary N) is 2. The molecule has 0 radical (unpaired) electrons. The summed E-state index contributed by atoms with van der Waals surface area (Å²) in [5.74, 6) is 0. The Kier molecular flexibility index (Phi) is 4.70. The maximum atomic E-state index is 2.56. The van der Waals surface area contributed by atoms with Gasteiger partial charge in [-0.15, -0.1) is 0 Å². The van der Waals surface area contributed by atoms with E-state index in [4.69, 9.17) is 0 Å². The first-order chi connectivity index (χ1) is 6.18. The fourth-order valence-electron chi connectivity index (χ4n) is 1.98. The molecule has 4 N–H and O–H groups in total. The lowest BCUT2D eigenvalue weighted by Crippen LogP contribution is -3.13. The van der Waals surface area contributed by atoms with E-state index in [1.807, 2.05) is 0 Å². The van der Waals surface area contributed by atoms with Crippen LogP contribution in [0.2, 0.25) is 0 Å². The molecular formula is C10H26N3+3. The Bertz CT molecular complexity index is 128. The number of nitrogens with two attached hydrogens (primary N) is 1. The monoisotopic (exact) mass is 188 g/mol. The van der Waals surface area contributed by atoms with Crippen LogP contribution < -0.4 is 15.1 Å². The molecular weight excluding hydrogens is 162 g/mol. The standard InChI is InChI=1S/C10H23N3/c1-12(2)9-6-11-10-4-7-13(3)8-5-10/h10-11H,4-9H2,1-3H3/p+3. The van der Waals surface area contributed by atoms with Gasteiger partial charge in [0, 0.05) is 12.8 Å². The van der Waals surface area contributed by atoms with Crippen molar-refractivity contribution in [2.75, 3.05) is 47.3 Å². The third-order valence-corrected chi connectivity index (χ3v) is 3.03. The zero-order valence-corrected chi connectivity index (χ0v) is 9.40. The predicted molar refractivity (Wildman–Crippen MR) is 54.1 cm³/mol. The fraction of sp³-hybridized carbons (Fsp3) is 1.00. The molecule has 3 nitrogen and oxygen atoms in total. The van der Waals surface area contributed by atoms with E-state index in [2.05, 4.69) is 26.5 Å². The molecule has 0 bridgehead atoms. The van der Waals surface area contributed by atoms with Gasteiger partial charge in [-0.2, -0.15) is 0 Å². The Morgan fingerprint density at radius 1 is 1.31 bits per heavy atom. The summed E-state index contributed by atoms with van der Waals surface area (Å²) in [5.41, 5.74) is 0. The van der Waals surface area contributed by atoms with Crippen LogP contribution in [0, 0.1) is 0 Å². The second-order valence-corrected chi connectivity index (χ2v) is 4.78. The summed E-state index contributed by atoms with van der Waals surface area (Å²) < 4.78 is 0. The molecule has 1 heterocycles. The maximum absolute atomic E-state index is 2.56. The highest BCUT2D eigenvalue weighted by atomic mass is 15.1. The Labute approximate surface area is 82.1 Å². The van der Waals surface area contributed by atoms with Crippen molar-refractivity contribution < 1.29 is 15.1 Å². The Balaban J connectivity index is 2.02. The van der Waals surface area contributed by atoms with Gasteiger partial charge in [0.15, 0.2) is 0 Å². The Morgan fingerprint density at radius 3 is 2.46 bits per heavy atom. The molecule has 0 amide bonds. The van der Waals surface area contributed by atoms with Crippen molar-refractivity contribution in [2.45, 2.75) is 18.9 Å². The van der Waals surface area contributed by atoms with Crippen molar-refractivity contribution in [1.82, 2.24) is 0 Å². The topological polar surface area (TPSA) is 25.5 Å². The summed E-state index contributed by atoms with van der Waals surface area (Å²) in [6.07, 6.45) is 2.82. The lowest BCUT2D eigenvalue weighted by atomic mass is 10.1. The lowest BCUT2D eigenvalue weighted by Gasteiger charge is -2.24. The highest BCUT2D eigenvalue weighted by Crippen LogP contribution is 1.91. The van der Waals surface area contributed by atoms with Crippen LogP contribution in [0.3, 0.4) is 0 Å². The van der Waals surface area contributed by atoms with Crippen molar-refractivity contribution in [3.63, 3.8) is 0 Å². The minimum Gasteiger partial charge on any atom is -0.339 e. The first kappa shape index (κ1) is 11.0. The second-order valence-electron chi connectivity index (χ2n) is 4.78. The number of quaternary nitrogens is 3. The predicted octanol–water partition coefficient (Wildman–Crippen LogP) is -3.63. The van der Waals surface area contributed by atoms with Crippen molar-refractivity contribution in [3.8, 4) is 0 Å². The number of hydrogen-bond donors (Lipinski definition) is 3. The quantitative estimate of drug-likeness (QED) is 0.406. The Hall–Kier alpha value is -0.120. The van der Waals surface area contributed by atoms with E-state index in [0.717, 1.165) is 6.04 Å². The summed E-state index contributed by atoms with van der Waals surface area (Å²) in [7, 11) is 6.76. The highest BCUT2D eigenvalue weighted by molar-refractivity contribution is 4.56. The molecule has 1 saturated heterocycles. The molecule has 1 aliphatic rings. The molecule has 0 aliphatic carbocycles. The van der Waals surface area contributed by atoms with Crippen LogP contribution in [0.4, 0.5) is 0 Å². The largest absolute Gasteiger partial charge is 0.339 e. The van der Waals surface area contributed by atoms with Crippen LogP contribution in [-0.2, 0) is 0 Å². The molecule has 1 aliphatic heterocycles. The van der Waals surface area contributed by atoms with Gasteiger partial charge in [-0.3, -0.25) is 0 Å². The first-order valence-electron chi connectivity index (χ1n) is 5.62. The summed E-state index contributed by atoms with van der Waals surface area (Å²) in [6.45, 7) is 5.33. The summed E-state index contributed by atoms with van der Waals surface area (Å²) in [5, 5.41) is 2.56. The third-order valence-electron chi connectivity index (χ3n) is 3.03. The van der Waals surface area contributed by atoms with E-state index in [1.54, 1.807) is 9.80 Å². The highest BCUT2D eigenvalue weighted by Gasteiger charge is 2.21. The van der Waals surface area contributed by atoms with E-state index < -0.39 is 0 Å². The Morgan fingerprint density at radius 2 is 1.92 bits per heavy atom. The van der Waals surface area contributed by atoms with Gasteiger partial charge in [0.25, 0.3) is 0 Å². The second kappa shape index (κ2) is 5.58. The molecule has 0 aromatic rings. The van der Waals surface area contributed by atoms with E-state index in [9.17, 15) is 0 Å². The first-order valence-corrected chi connectivity index (χ1v) is 5.62. The SMILES string of the molecule is C[NH+](C)CC[NH2+]C1CC[NH+](C)CC1. The van der Waals surface area contributed by atoms with Crippen LogP contribution in [0.1, 0.15) is 12.8 Å². The third kappa shape index (κ3) is 4.60. The van der Waals surface area contributed by atoms with E-state index in [-0.39, 0.29) is 0 Å². The zero-order chi connectivity index (χ0) is 9.68. The molecule has 0 atom stereocenters. The van der Waals surface area contributed by atoms with Gasteiger partial charge in [-0.25, -0.2) is 0 Å². The maximum Gasteiger partial charge on any atom is 0.126 e. The summed E-state index contributed by atoms with van der Waals surface area (Å²) >= 11 is 0. The molecule has 13 heavy (non-hydrogen) atoms. The molecule has 0 spiro atoms. The van der Waals surface area contributed by atoms with Gasteiger partial charge in [0.1, 0.15) is 13.1 Å². The summed E-state index contributed by atoms with van der Waals surface area (Å²) in [6, 6.07) is 0.919. The van der Waals surface area contributed by atoms with Gasteiger partial charge in [-0.05, 0) is 0 Å². The van der Waals surface area contributed by atoms with Crippen LogP contribution in [-0.4, -0.2) is 53.4 Å². The molecule has 1 rings (SSSR count). The zero-order valence-electron chi connectivity index (χ0n) is 9.40. The molecule has 0 aromatic carbocycles. The van der Waals surface area contributed by atoms with Gasteiger partial charge in [0.05, 0.1) is 40.3 Å². The van der Waals surface area contributed by atoms with Gasteiger partial charge < -0.3 is 15.1 Å². The van der Waals surface area contributed by atoms with E-state index in [1.165, 1.54) is 39.0 Å². The van der Waals surface area contributed by atoms with E-state index >= 15 is 0 Å². The number of likely N-dealkylation sites (N-methyl/N-ethyl adjacent to an activating group) is 1. The van der Waals surface area contributed by atoms with Gasteiger partial charge in [0.2, 0.25) is 0 Å². The van der Waals surface area contributed by atoms with Crippen molar-refractivity contribution in [2.24, 2.45) is 0 Å². The molecule has 1 fully saturated rings. The van der Waals surface area contributed by atoms with Crippen molar-refractivity contribution in [1.29, 1.82) is 0 Å². The van der Waals surface area contributed by atoms with Crippen LogP contribution in [0.5, 0.6) is 0 Å². The number of rotatable bonds is 4. The fourth-order valence-corrected chi connectivity index (χ4v) is 1.98. The normalized spacial score (nSPS) is 29.5. The molecule has 0 saturated carbocycles. The van der Waals surface area contributed by atoms with Crippen LogP contribution in [0.15, 0.2) is 0 Å². The molecule has 0 unspecified atom stereocenters. The molecule has 78 valence electrons. The molecule has 3 heteroatoms. The number of likely N-dealkylation sites (tertiary alicyclic amines) is 1. The minimum absolute atomic E-state index is 0.919.